The Kier molecular flexibility index (Phi) is 3.38. The van der Waals surface area contributed by atoms with E-state index in [0.29, 0.717) is 5.13 Å². The average molecular weight is 307 g/mol. The second-order valence-corrected chi connectivity index (χ2v) is 5.70. The van der Waals surface area contributed by atoms with Crippen molar-refractivity contribution < 1.29 is 14.1 Å². The van der Waals surface area contributed by atoms with Gasteiger partial charge in [-0.3, -0.25) is 20.2 Å². The van der Waals surface area contributed by atoms with Crippen LogP contribution in [-0.2, 0) is 12.8 Å². The third kappa shape index (κ3) is 2.62. The van der Waals surface area contributed by atoms with Crippen LogP contribution in [-0.4, -0.2) is 15.8 Å². The van der Waals surface area contributed by atoms with Crippen molar-refractivity contribution >= 4 is 28.1 Å². The van der Waals surface area contributed by atoms with Crippen LogP contribution >= 0.6 is 11.3 Å². The SMILES string of the molecule is O=C(Nc1nc2c(s1)CCC2)c1cc([N+](=O)[O-])ccc1F. The fraction of sp³-hybridized carbons (Fsp3) is 0.231. The number of aromatic nitrogens is 1. The number of benzene rings is 1. The highest BCUT2D eigenvalue weighted by atomic mass is 32.1. The number of carbonyl (C=O) groups excluding carboxylic acids is 1. The molecule has 0 spiro atoms. The maximum absolute atomic E-state index is 13.6. The molecule has 8 heteroatoms. The van der Waals surface area contributed by atoms with Crippen LogP contribution in [0.4, 0.5) is 15.2 Å². The van der Waals surface area contributed by atoms with Crippen LogP contribution in [0.3, 0.4) is 0 Å². The second kappa shape index (κ2) is 5.21. The van der Waals surface area contributed by atoms with E-state index in [-0.39, 0.29) is 11.3 Å². The third-order valence-electron chi connectivity index (χ3n) is 3.22. The summed E-state index contributed by atoms with van der Waals surface area (Å²) in [6.07, 6.45) is 2.88. The molecule has 21 heavy (non-hydrogen) atoms. The first-order valence-electron chi connectivity index (χ1n) is 6.28. The minimum Gasteiger partial charge on any atom is -0.298 e. The first-order chi connectivity index (χ1) is 10.0. The second-order valence-electron chi connectivity index (χ2n) is 4.62. The van der Waals surface area contributed by atoms with Crippen molar-refractivity contribution in [1.82, 2.24) is 4.98 Å². The predicted molar refractivity (Wildman–Crippen MR) is 75.1 cm³/mol. The van der Waals surface area contributed by atoms with Crippen LogP contribution < -0.4 is 5.32 Å². The number of halogens is 1. The summed E-state index contributed by atoms with van der Waals surface area (Å²) in [5, 5.41) is 13.6. The maximum Gasteiger partial charge on any atom is 0.270 e. The van der Waals surface area contributed by atoms with Crippen molar-refractivity contribution in [3.8, 4) is 0 Å². The molecule has 1 aliphatic rings. The Morgan fingerprint density at radius 1 is 1.43 bits per heavy atom. The van der Waals surface area contributed by atoms with E-state index in [2.05, 4.69) is 10.3 Å². The number of nitro groups is 1. The lowest BCUT2D eigenvalue weighted by atomic mass is 10.2. The van der Waals surface area contributed by atoms with Crippen LogP contribution in [0.25, 0.3) is 0 Å². The molecule has 0 unspecified atom stereocenters. The zero-order valence-corrected chi connectivity index (χ0v) is 11.6. The number of hydrogen-bond acceptors (Lipinski definition) is 5. The van der Waals surface area contributed by atoms with Gasteiger partial charge in [0.15, 0.2) is 5.13 Å². The Hall–Kier alpha value is -2.35. The highest BCUT2D eigenvalue weighted by molar-refractivity contribution is 7.15. The quantitative estimate of drug-likeness (QED) is 0.698. The molecular weight excluding hydrogens is 297 g/mol. The molecule has 0 saturated heterocycles. The van der Waals surface area contributed by atoms with Crippen LogP contribution in [0.2, 0.25) is 0 Å². The molecule has 0 aliphatic heterocycles. The number of hydrogen-bond donors (Lipinski definition) is 1. The fourth-order valence-electron chi connectivity index (χ4n) is 2.21. The average Bonchev–Trinajstić information content (AvgIpc) is 2.99. The molecule has 1 aromatic heterocycles. The van der Waals surface area contributed by atoms with Gasteiger partial charge in [-0.2, -0.15) is 0 Å². The molecule has 0 bridgehead atoms. The van der Waals surface area contributed by atoms with Gasteiger partial charge in [0.05, 0.1) is 16.2 Å². The molecule has 1 aliphatic carbocycles. The van der Waals surface area contributed by atoms with Gasteiger partial charge in [0.25, 0.3) is 11.6 Å². The van der Waals surface area contributed by atoms with E-state index in [4.69, 9.17) is 0 Å². The molecule has 0 fully saturated rings. The number of rotatable bonds is 3. The van der Waals surface area contributed by atoms with Gasteiger partial charge in [-0.25, -0.2) is 9.37 Å². The van der Waals surface area contributed by atoms with Crippen molar-refractivity contribution in [1.29, 1.82) is 0 Å². The maximum atomic E-state index is 13.6. The number of amides is 1. The Morgan fingerprint density at radius 3 is 2.95 bits per heavy atom. The third-order valence-corrected chi connectivity index (χ3v) is 4.29. The molecule has 0 saturated carbocycles. The minimum atomic E-state index is -0.804. The van der Waals surface area contributed by atoms with Crippen molar-refractivity contribution in [3.05, 3.63) is 50.3 Å². The topological polar surface area (TPSA) is 85.1 Å². The molecule has 2 aromatic rings. The predicted octanol–water partition coefficient (Wildman–Crippen LogP) is 2.93. The van der Waals surface area contributed by atoms with E-state index in [1.807, 2.05) is 0 Å². The first kappa shape index (κ1) is 13.6. The molecule has 1 heterocycles. The molecule has 1 N–H and O–H groups in total. The summed E-state index contributed by atoms with van der Waals surface area (Å²) in [6, 6.07) is 2.85. The minimum absolute atomic E-state index is 0.330. The van der Waals surface area contributed by atoms with Gasteiger partial charge in [-0.05, 0) is 25.3 Å². The number of non-ortho nitro benzene ring substituents is 1. The largest absolute Gasteiger partial charge is 0.298 e. The fourth-order valence-corrected chi connectivity index (χ4v) is 3.25. The lowest BCUT2D eigenvalue weighted by Gasteiger charge is -2.03. The molecule has 0 atom stereocenters. The summed E-state index contributed by atoms with van der Waals surface area (Å²) >= 11 is 1.36. The van der Waals surface area contributed by atoms with Crippen molar-refractivity contribution in [2.75, 3.05) is 5.32 Å². The van der Waals surface area contributed by atoms with E-state index in [1.165, 1.54) is 11.3 Å². The molecule has 6 nitrogen and oxygen atoms in total. The molecule has 3 rings (SSSR count). The molecule has 0 radical (unpaired) electrons. The summed E-state index contributed by atoms with van der Waals surface area (Å²) in [5.41, 5.74) is 0.276. The van der Waals surface area contributed by atoms with Crippen LogP contribution in [0.15, 0.2) is 18.2 Å². The summed E-state index contributed by atoms with van der Waals surface area (Å²) in [4.78, 5) is 27.4. The van der Waals surface area contributed by atoms with Gasteiger partial charge in [-0.15, -0.1) is 11.3 Å². The van der Waals surface area contributed by atoms with Crippen molar-refractivity contribution in [3.63, 3.8) is 0 Å². The van der Waals surface area contributed by atoms with Crippen molar-refractivity contribution in [2.24, 2.45) is 0 Å². The van der Waals surface area contributed by atoms with E-state index in [0.717, 1.165) is 48.0 Å². The highest BCUT2D eigenvalue weighted by Gasteiger charge is 2.21. The van der Waals surface area contributed by atoms with Crippen LogP contribution in [0.1, 0.15) is 27.3 Å². The highest BCUT2D eigenvalue weighted by Crippen LogP contribution is 2.30. The van der Waals surface area contributed by atoms with Crippen LogP contribution in [0, 0.1) is 15.9 Å². The number of nitrogens with one attached hydrogen (secondary N) is 1. The number of aryl methyl sites for hydroxylation is 2. The standard InChI is InChI=1S/C13H10FN3O3S/c14-9-5-4-7(17(19)20)6-8(9)12(18)16-13-15-10-2-1-3-11(10)21-13/h4-6H,1-3H2,(H,15,16,18). The zero-order valence-electron chi connectivity index (χ0n) is 10.8. The Balaban J connectivity index is 1.84. The van der Waals surface area contributed by atoms with Gasteiger partial charge < -0.3 is 0 Å². The molecule has 108 valence electrons. The van der Waals surface area contributed by atoms with E-state index in [9.17, 15) is 19.3 Å². The number of carbonyl (C=O) groups is 1. The molecule has 1 aromatic carbocycles. The molecular formula is C13H10FN3O3S. The van der Waals surface area contributed by atoms with E-state index in [1.54, 1.807) is 0 Å². The summed E-state index contributed by atoms with van der Waals surface area (Å²) in [6.45, 7) is 0. The Bertz CT molecular complexity index is 723. The number of fused-ring (bicyclic) bond motifs is 1. The van der Waals surface area contributed by atoms with Gasteiger partial charge in [-0.1, -0.05) is 0 Å². The molecule has 1 amide bonds. The number of anilines is 1. The van der Waals surface area contributed by atoms with E-state index >= 15 is 0 Å². The summed E-state index contributed by atoms with van der Waals surface area (Å²) in [5.74, 6) is -1.54. The summed E-state index contributed by atoms with van der Waals surface area (Å²) in [7, 11) is 0. The van der Waals surface area contributed by atoms with Gasteiger partial charge in [0.2, 0.25) is 0 Å². The monoisotopic (exact) mass is 307 g/mol. The van der Waals surface area contributed by atoms with Crippen molar-refractivity contribution in [2.45, 2.75) is 19.3 Å². The lowest BCUT2D eigenvalue weighted by molar-refractivity contribution is -0.384. The van der Waals surface area contributed by atoms with Gasteiger partial charge in [0.1, 0.15) is 5.82 Å². The zero-order chi connectivity index (χ0) is 15.0. The Labute approximate surface area is 122 Å². The smallest absolute Gasteiger partial charge is 0.270 e. The van der Waals surface area contributed by atoms with Crippen LogP contribution in [0.5, 0.6) is 0 Å². The Morgan fingerprint density at radius 2 is 2.24 bits per heavy atom. The van der Waals surface area contributed by atoms with Gasteiger partial charge in [0, 0.05) is 17.0 Å². The number of thiazole rings is 1. The lowest BCUT2D eigenvalue weighted by Crippen LogP contribution is -2.14. The normalized spacial score (nSPS) is 13.0. The number of nitrogens with zero attached hydrogens (tertiary/aromatic N) is 2. The first-order valence-corrected chi connectivity index (χ1v) is 7.10. The number of nitro benzene ring substituents is 1. The summed E-state index contributed by atoms with van der Waals surface area (Å²) < 4.78 is 13.6. The van der Waals surface area contributed by atoms with Gasteiger partial charge >= 0.3 is 0 Å². The van der Waals surface area contributed by atoms with E-state index < -0.39 is 16.6 Å².